The Labute approximate surface area is 180 Å². The molecule has 2 N–H and O–H groups in total. The van der Waals surface area contributed by atoms with Crippen LogP contribution in [-0.2, 0) is 9.47 Å². The van der Waals surface area contributed by atoms with Crippen LogP contribution in [0.1, 0.15) is 24.1 Å². The molecule has 31 heavy (non-hydrogen) atoms. The number of hydrogen-bond donors (Lipinski definition) is 1. The van der Waals surface area contributed by atoms with Gasteiger partial charge in [-0.3, -0.25) is 4.98 Å². The number of nitrogens with two attached hydrogens (primary N) is 1. The summed E-state index contributed by atoms with van der Waals surface area (Å²) in [4.78, 5) is 11.0. The van der Waals surface area contributed by atoms with Crippen molar-refractivity contribution in [3.05, 3.63) is 41.9 Å². The van der Waals surface area contributed by atoms with Crippen molar-refractivity contribution in [3.8, 4) is 11.5 Å². The minimum Gasteiger partial charge on any atom is -0.497 e. The molecule has 4 rings (SSSR count). The maximum atomic E-state index is 6.10. The summed E-state index contributed by atoms with van der Waals surface area (Å²) in [6, 6.07) is 5.41. The van der Waals surface area contributed by atoms with Crippen LogP contribution in [-0.4, -0.2) is 68.3 Å². The van der Waals surface area contributed by atoms with E-state index in [4.69, 9.17) is 24.7 Å². The molecule has 2 aliphatic rings. The molecular weight excluding hydrogens is 400 g/mol. The Bertz CT molecular complexity index is 964. The quantitative estimate of drug-likeness (QED) is 0.420. The van der Waals surface area contributed by atoms with Crippen LogP contribution in [0.25, 0.3) is 0 Å². The van der Waals surface area contributed by atoms with Gasteiger partial charge in [-0.15, -0.1) is 5.10 Å². The smallest absolute Gasteiger partial charge is 0.173 e. The van der Waals surface area contributed by atoms with E-state index in [-0.39, 0.29) is 5.84 Å². The van der Waals surface area contributed by atoms with E-state index in [1.807, 2.05) is 6.07 Å². The number of rotatable bonds is 6. The maximum Gasteiger partial charge on any atom is 0.173 e. The molecule has 10 nitrogen and oxygen atoms in total. The van der Waals surface area contributed by atoms with Crippen LogP contribution in [0.2, 0.25) is 0 Å². The molecule has 0 amide bonds. The van der Waals surface area contributed by atoms with Gasteiger partial charge >= 0.3 is 0 Å². The van der Waals surface area contributed by atoms with Crippen molar-refractivity contribution in [2.24, 2.45) is 15.9 Å². The zero-order valence-corrected chi connectivity index (χ0v) is 17.7. The van der Waals surface area contributed by atoms with Crippen LogP contribution >= 0.6 is 0 Å². The Kier molecular flexibility index (Phi) is 6.28. The molecule has 0 saturated carbocycles. The summed E-state index contributed by atoms with van der Waals surface area (Å²) in [6.07, 6.45) is 6.41. The predicted molar refractivity (Wildman–Crippen MR) is 116 cm³/mol. The molecule has 3 heterocycles. The number of hydrogen-bond acceptors (Lipinski definition) is 9. The lowest BCUT2D eigenvalue weighted by atomic mass is 10.0. The Morgan fingerprint density at radius 2 is 1.94 bits per heavy atom. The van der Waals surface area contributed by atoms with Crippen molar-refractivity contribution in [2.75, 3.05) is 45.4 Å². The summed E-state index contributed by atoms with van der Waals surface area (Å²) in [5, 5.41) is 8.15. The standard InChI is InChI=1S/C21H26N6O4/c1-28-16-3-4-18(29-2)15(11-16)12-24-26-20(22)17-13-23-14-19(25-17)27-7-5-21(6-8-27)30-9-10-31-21/h3-4,11-14H,5-10H2,1-2H3,(H2,22,26)/b24-12+. The van der Waals surface area contributed by atoms with Gasteiger partial charge < -0.3 is 29.6 Å². The summed E-state index contributed by atoms with van der Waals surface area (Å²) in [7, 11) is 3.19. The molecule has 2 aliphatic heterocycles. The molecule has 2 aromatic rings. The zero-order valence-electron chi connectivity index (χ0n) is 17.7. The topological polar surface area (TPSA) is 117 Å². The van der Waals surface area contributed by atoms with Gasteiger partial charge in [0.2, 0.25) is 0 Å². The maximum absolute atomic E-state index is 6.10. The number of ether oxygens (including phenoxy) is 4. The second-order valence-electron chi connectivity index (χ2n) is 7.19. The molecule has 0 bridgehead atoms. The fourth-order valence-corrected chi connectivity index (χ4v) is 3.64. The summed E-state index contributed by atoms with van der Waals surface area (Å²) in [6.45, 7) is 2.85. The largest absolute Gasteiger partial charge is 0.497 e. The summed E-state index contributed by atoms with van der Waals surface area (Å²) >= 11 is 0. The van der Waals surface area contributed by atoms with Crippen LogP contribution in [0.15, 0.2) is 40.8 Å². The van der Waals surface area contributed by atoms with Crippen LogP contribution in [0.4, 0.5) is 5.82 Å². The Balaban J connectivity index is 1.45. The van der Waals surface area contributed by atoms with E-state index in [0.29, 0.717) is 30.4 Å². The monoisotopic (exact) mass is 426 g/mol. The molecule has 1 spiro atoms. The van der Waals surface area contributed by atoms with E-state index in [1.54, 1.807) is 45.0 Å². The second-order valence-corrected chi connectivity index (χ2v) is 7.19. The first-order valence-electron chi connectivity index (χ1n) is 10.1. The van der Waals surface area contributed by atoms with Gasteiger partial charge in [-0.2, -0.15) is 5.10 Å². The van der Waals surface area contributed by atoms with E-state index in [9.17, 15) is 0 Å². The van der Waals surface area contributed by atoms with Crippen molar-refractivity contribution >= 4 is 17.9 Å². The summed E-state index contributed by atoms with van der Waals surface area (Å²) in [5.74, 6) is 1.82. The number of benzene rings is 1. The normalized spacial score (nSPS) is 18.6. The fraction of sp³-hybridized carbons (Fsp3) is 0.429. The van der Waals surface area contributed by atoms with E-state index < -0.39 is 5.79 Å². The molecule has 1 aromatic heterocycles. The fourth-order valence-electron chi connectivity index (χ4n) is 3.64. The van der Waals surface area contributed by atoms with Gasteiger partial charge in [-0.25, -0.2) is 4.98 Å². The van der Waals surface area contributed by atoms with E-state index in [1.165, 1.54) is 0 Å². The molecule has 1 aromatic carbocycles. The lowest BCUT2D eigenvalue weighted by Crippen LogP contribution is -2.45. The Morgan fingerprint density at radius 3 is 2.65 bits per heavy atom. The van der Waals surface area contributed by atoms with E-state index >= 15 is 0 Å². The summed E-state index contributed by atoms with van der Waals surface area (Å²) in [5.41, 5.74) is 7.28. The minimum atomic E-state index is -0.433. The predicted octanol–water partition coefficient (Wildman–Crippen LogP) is 1.58. The van der Waals surface area contributed by atoms with Gasteiger partial charge in [0.1, 0.15) is 23.0 Å². The highest BCUT2D eigenvalue weighted by Crippen LogP contribution is 2.32. The highest BCUT2D eigenvalue weighted by atomic mass is 16.7. The number of nitrogens with zero attached hydrogens (tertiary/aromatic N) is 5. The number of piperidine rings is 1. The van der Waals surface area contributed by atoms with Gasteiger partial charge in [0.15, 0.2) is 11.6 Å². The third-order valence-corrected chi connectivity index (χ3v) is 5.35. The van der Waals surface area contributed by atoms with Gasteiger partial charge in [0.05, 0.1) is 46.0 Å². The molecule has 2 saturated heterocycles. The molecule has 164 valence electrons. The highest BCUT2D eigenvalue weighted by molar-refractivity contribution is 5.96. The number of aromatic nitrogens is 2. The molecule has 0 atom stereocenters. The number of amidine groups is 1. The van der Waals surface area contributed by atoms with Crippen LogP contribution in [0.3, 0.4) is 0 Å². The first kappa shape index (κ1) is 21.0. The molecular formula is C21H26N6O4. The van der Waals surface area contributed by atoms with Crippen molar-refractivity contribution in [3.63, 3.8) is 0 Å². The number of anilines is 1. The van der Waals surface area contributed by atoms with Crippen molar-refractivity contribution in [2.45, 2.75) is 18.6 Å². The van der Waals surface area contributed by atoms with Gasteiger partial charge in [-0.05, 0) is 18.2 Å². The minimum absolute atomic E-state index is 0.170. The molecule has 0 aliphatic carbocycles. The molecule has 2 fully saturated rings. The zero-order chi connectivity index (χ0) is 21.7. The van der Waals surface area contributed by atoms with E-state index in [0.717, 1.165) is 37.3 Å². The van der Waals surface area contributed by atoms with Crippen LogP contribution < -0.4 is 20.1 Å². The third-order valence-electron chi connectivity index (χ3n) is 5.35. The van der Waals surface area contributed by atoms with Gasteiger partial charge in [0, 0.05) is 31.5 Å². The second kappa shape index (κ2) is 9.27. The van der Waals surface area contributed by atoms with Crippen molar-refractivity contribution in [1.82, 2.24) is 9.97 Å². The average molecular weight is 426 g/mol. The average Bonchev–Trinajstić information content (AvgIpc) is 3.27. The molecule has 0 unspecified atom stereocenters. The summed E-state index contributed by atoms with van der Waals surface area (Å²) < 4.78 is 22.1. The van der Waals surface area contributed by atoms with Crippen LogP contribution in [0, 0.1) is 0 Å². The van der Waals surface area contributed by atoms with Crippen molar-refractivity contribution in [1.29, 1.82) is 0 Å². The van der Waals surface area contributed by atoms with Crippen LogP contribution in [0.5, 0.6) is 11.5 Å². The molecule has 10 heteroatoms. The van der Waals surface area contributed by atoms with Gasteiger partial charge in [0.25, 0.3) is 0 Å². The number of methoxy groups -OCH3 is 2. The lowest BCUT2D eigenvalue weighted by molar-refractivity contribution is -0.169. The highest BCUT2D eigenvalue weighted by Gasteiger charge is 2.40. The van der Waals surface area contributed by atoms with Crippen molar-refractivity contribution < 1.29 is 18.9 Å². The van der Waals surface area contributed by atoms with Gasteiger partial charge in [-0.1, -0.05) is 0 Å². The Morgan fingerprint density at radius 1 is 1.16 bits per heavy atom. The molecule has 0 radical (unpaired) electrons. The lowest BCUT2D eigenvalue weighted by Gasteiger charge is -2.38. The third kappa shape index (κ3) is 4.75. The first-order valence-corrected chi connectivity index (χ1v) is 10.1. The Hall–Kier alpha value is -3.24. The SMILES string of the molecule is COc1ccc(OC)c(/C=N/N=C(\N)c2cncc(N3CCC4(CC3)OCCO4)n2)c1. The first-order chi connectivity index (χ1) is 15.1. The van der Waals surface area contributed by atoms with E-state index in [2.05, 4.69) is 25.1 Å².